The van der Waals surface area contributed by atoms with E-state index in [1.165, 1.54) is 0 Å². The van der Waals surface area contributed by atoms with E-state index in [0.29, 0.717) is 6.54 Å². The summed E-state index contributed by atoms with van der Waals surface area (Å²) in [6, 6.07) is 0. The van der Waals surface area contributed by atoms with Gasteiger partial charge in [0.05, 0.1) is 18.0 Å². The molecule has 0 aliphatic heterocycles. The van der Waals surface area contributed by atoms with Crippen molar-refractivity contribution in [1.82, 2.24) is 9.78 Å². The van der Waals surface area contributed by atoms with Crippen LogP contribution in [-0.4, -0.2) is 34.6 Å². The molecule has 0 amide bonds. The van der Waals surface area contributed by atoms with Crippen molar-refractivity contribution < 1.29 is 5.11 Å². The molecule has 104 valence electrons. The van der Waals surface area contributed by atoms with Gasteiger partial charge in [0.2, 0.25) is 0 Å². The quantitative estimate of drug-likeness (QED) is 0.742. The average Bonchev–Trinajstić information content (AvgIpc) is 2.62. The Kier molecular flexibility index (Phi) is 5.98. The molecule has 5 nitrogen and oxygen atoms in total. The second-order valence-electron chi connectivity index (χ2n) is 4.61. The highest BCUT2D eigenvalue weighted by molar-refractivity contribution is 5.66. The smallest absolute Gasteiger partial charge is 0.150 e. The van der Waals surface area contributed by atoms with E-state index in [4.69, 9.17) is 5.73 Å². The molecule has 0 saturated heterocycles. The fraction of sp³-hybridized carbons (Fsp3) is 0.769. The average molecular weight is 254 g/mol. The molecule has 5 heteroatoms. The zero-order valence-corrected chi connectivity index (χ0v) is 11.8. The first-order chi connectivity index (χ1) is 8.65. The summed E-state index contributed by atoms with van der Waals surface area (Å²) in [5, 5.41) is 13.7. The summed E-state index contributed by atoms with van der Waals surface area (Å²) in [7, 11) is 0. The van der Waals surface area contributed by atoms with Gasteiger partial charge in [0.1, 0.15) is 0 Å². The van der Waals surface area contributed by atoms with Crippen LogP contribution in [0.1, 0.15) is 38.8 Å². The van der Waals surface area contributed by atoms with Gasteiger partial charge < -0.3 is 15.7 Å². The van der Waals surface area contributed by atoms with Gasteiger partial charge in [-0.3, -0.25) is 0 Å². The van der Waals surface area contributed by atoms with Gasteiger partial charge in [0.15, 0.2) is 5.82 Å². The third kappa shape index (κ3) is 3.38. The van der Waals surface area contributed by atoms with E-state index in [9.17, 15) is 5.11 Å². The minimum absolute atomic E-state index is 0.138. The Balaban J connectivity index is 3.00. The minimum atomic E-state index is 0.138. The van der Waals surface area contributed by atoms with Crippen LogP contribution in [-0.2, 0) is 6.54 Å². The highest BCUT2D eigenvalue weighted by Gasteiger charge is 2.18. The number of rotatable bonds is 8. The van der Waals surface area contributed by atoms with E-state index >= 15 is 0 Å². The highest BCUT2D eigenvalue weighted by atomic mass is 16.3. The molecule has 0 saturated carbocycles. The number of nitrogens with zero attached hydrogens (tertiary/aromatic N) is 3. The number of nitrogen functional groups attached to an aromatic ring is 1. The number of aryl methyl sites for hydroxylation is 2. The van der Waals surface area contributed by atoms with Gasteiger partial charge in [-0.15, -0.1) is 0 Å². The van der Waals surface area contributed by atoms with Crippen LogP contribution in [0.4, 0.5) is 11.5 Å². The SMILES string of the molecule is CCCCN(CCO)c1c(N)c(C)nn1CCC. The van der Waals surface area contributed by atoms with Crippen LogP contribution < -0.4 is 10.6 Å². The summed E-state index contributed by atoms with van der Waals surface area (Å²) >= 11 is 0. The molecule has 0 radical (unpaired) electrons. The lowest BCUT2D eigenvalue weighted by atomic mass is 10.3. The van der Waals surface area contributed by atoms with Gasteiger partial charge in [-0.2, -0.15) is 5.10 Å². The molecule has 1 heterocycles. The Labute approximate surface area is 110 Å². The fourth-order valence-corrected chi connectivity index (χ4v) is 2.08. The summed E-state index contributed by atoms with van der Waals surface area (Å²) in [6.07, 6.45) is 3.24. The molecule has 1 aromatic rings. The maximum Gasteiger partial charge on any atom is 0.150 e. The Morgan fingerprint density at radius 1 is 1.28 bits per heavy atom. The molecule has 0 aromatic carbocycles. The van der Waals surface area contributed by atoms with E-state index in [2.05, 4.69) is 23.8 Å². The summed E-state index contributed by atoms with van der Waals surface area (Å²) in [6.45, 7) is 8.74. The molecule has 1 rings (SSSR count). The number of nitrogens with two attached hydrogens (primary N) is 1. The molecule has 18 heavy (non-hydrogen) atoms. The van der Waals surface area contributed by atoms with E-state index in [1.54, 1.807) is 0 Å². The molecule has 1 aromatic heterocycles. The topological polar surface area (TPSA) is 67.3 Å². The number of hydrogen-bond donors (Lipinski definition) is 2. The third-order valence-electron chi connectivity index (χ3n) is 3.03. The minimum Gasteiger partial charge on any atom is -0.395 e. The lowest BCUT2D eigenvalue weighted by Gasteiger charge is -2.25. The standard InChI is InChI=1S/C13H26N4O/c1-4-6-8-16(9-10-18)13-12(14)11(3)15-17(13)7-5-2/h18H,4-10,14H2,1-3H3. The number of anilines is 2. The molecule has 0 unspecified atom stereocenters. The Hall–Kier alpha value is -1.23. The molecule has 0 fully saturated rings. The van der Waals surface area contributed by atoms with Crippen molar-refractivity contribution in [2.75, 3.05) is 30.3 Å². The number of unbranched alkanes of at least 4 members (excludes halogenated alkanes) is 1. The second-order valence-corrected chi connectivity index (χ2v) is 4.61. The van der Waals surface area contributed by atoms with Crippen molar-refractivity contribution >= 4 is 11.5 Å². The lowest BCUT2D eigenvalue weighted by Crippen LogP contribution is -2.30. The van der Waals surface area contributed by atoms with Gasteiger partial charge in [-0.05, 0) is 19.8 Å². The van der Waals surface area contributed by atoms with Gasteiger partial charge in [-0.25, -0.2) is 4.68 Å². The molecular formula is C13H26N4O. The van der Waals surface area contributed by atoms with Crippen LogP contribution in [0.5, 0.6) is 0 Å². The summed E-state index contributed by atoms with van der Waals surface area (Å²) in [5.74, 6) is 0.969. The van der Waals surface area contributed by atoms with Crippen molar-refractivity contribution in [3.63, 3.8) is 0 Å². The number of aromatic nitrogens is 2. The first kappa shape index (κ1) is 14.8. The number of aliphatic hydroxyl groups is 1. The van der Waals surface area contributed by atoms with E-state index in [1.807, 2.05) is 11.6 Å². The van der Waals surface area contributed by atoms with E-state index in [-0.39, 0.29) is 6.61 Å². The largest absolute Gasteiger partial charge is 0.395 e. The zero-order chi connectivity index (χ0) is 13.5. The summed E-state index contributed by atoms with van der Waals surface area (Å²) in [5.41, 5.74) is 7.75. The van der Waals surface area contributed by atoms with Crippen molar-refractivity contribution in [2.24, 2.45) is 0 Å². The first-order valence-corrected chi connectivity index (χ1v) is 6.84. The molecule has 0 spiro atoms. The van der Waals surface area contributed by atoms with Gasteiger partial charge in [-0.1, -0.05) is 20.3 Å². The van der Waals surface area contributed by atoms with Crippen molar-refractivity contribution in [1.29, 1.82) is 0 Å². The molecule has 0 aliphatic rings. The van der Waals surface area contributed by atoms with Crippen LogP contribution in [0.2, 0.25) is 0 Å². The predicted molar refractivity (Wildman–Crippen MR) is 75.9 cm³/mol. The first-order valence-electron chi connectivity index (χ1n) is 6.84. The monoisotopic (exact) mass is 254 g/mol. The van der Waals surface area contributed by atoms with Crippen LogP contribution in [0.3, 0.4) is 0 Å². The number of hydrogen-bond acceptors (Lipinski definition) is 4. The normalized spacial score (nSPS) is 10.9. The Morgan fingerprint density at radius 2 is 2.00 bits per heavy atom. The van der Waals surface area contributed by atoms with Crippen LogP contribution in [0.15, 0.2) is 0 Å². The summed E-state index contributed by atoms with van der Waals surface area (Å²) in [4.78, 5) is 2.15. The molecule has 0 atom stereocenters. The molecule has 3 N–H and O–H groups in total. The number of aliphatic hydroxyl groups excluding tert-OH is 1. The fourth-order valence-electron chi connectivity index (χ4n) is 2.08. The maximum absolute atomic E-state index is 9.20. The predicted octanol–water partition coefficient (Wildman–Crippen LogP) is 1.78. The van der Waals surface area contributed by atoms with E-state index in [0.717, 1.165) is 49.6 Å². The van der Waals surface area contributed by atoms with Crippen LogP contribution in [0, 0.1) is 6.92 Å². The van der Waals surface area contributed by atoms with Gasteiger partial charge >= 0.3 is 0 Å². The summed E-state index contributed by atoms with van der Waals surface area (Å²) < 4.78 is 1.97. The molecule has 0 aliphatic carbocycles. The highest BCUT2D eigenvalue weighted by Crippen LogP contribution is 2.27. The molecule has 0 bridgehead atoms. The zero-order valence-electron chi connectivity index (χ0n) is 11.8. The van der Waals surface area contributed by atoms with Gasteiger partial charge in [0.25, 0.3) is 0 Å². The van der Waals surface area contributed by atoms with E-state index < -0.39 is 0 Å². The third-order valence-corrected chi connectivity index (χ3v) is 3.03. The van der Waals surface area contributed by atoms with Crippen LogP contribution >= 0.6 is 0 Å². The Bertz CT molecular complexity index is 362. The Morgan fingerprint density at radius 3 is 2.56 bits per heavy atom. The van der Waals surface area contributed by atoms with Crippen molar-refractivity contribution in [3.8, 4) is 0 Å². The lowest BCUT2D eigenvalue weighted by molar-refractivity contribution is 0.300. The maximum atomic E-state index is 9.20. The second kappa shape index (κ2) is 7.26. The van der Waals surface area contributed by atoms with Crippen molar-refractivity contribution in [3.05, 3.63) is 5.69 Å². The van der Waals surface area contributed by atoms with Gasteiger partial charge in [0, 0.05) is 19.6 Å². The molecular weight excluding hydrogens is 228 g/mol. The van der Waals surface area contributed by atoms with Crippen LogP contribution in [0.25, 0.3) is 0 Å². The van der Waals surface area contributed by atoms with Crippen molar-refractivity contribution in [2.45, 2.75) is 46.6 Å².